The molecule has 2 atom stereocenters. The van der Waals surface area contributed by atoms with Crippen molar-refractivity contribution in [2.75, 3.05) is 0 Å². The van der Waals surface area contributed by atoms with E-state index in [4.69, 9.17) is 23.2 Å². The molecule has 0 saturated carbocycles. The van der Waals surface area contributed by atoms with E-state index in [0.717, 1.165) is 17.2 Å². The number of rotatable bonds is 6. The van der Waals surface area contributed by atoms with Crippen molar-refractivity contribution < 1.29 is 20.9 Å². The molecule has 2 unspecified atom stereocenters. The second-order valence-electron chi connectivity index (χ2n) is 6.36. The molecule has 154 valence electrons. The Kier molecular flexibility index (Phi) is 7.38. The Labute approximate surface area is 183 Å². The van der Waals surface area contributed by atoms with Crippen LogP contribution in [0.15, 0.2) is 72.8 Å². The molecule has 0 radical (unpaired) electrons. The first-order valence-electron chi connectivity index (χ1n) is 8.86. The van der Waals surface area contributed by atoms with Crippen LogP contribution < -0.4 is 10.5 Å². The Bertz CT molecular complexity index is 987. The van der Waals surface area contributed by atoms with Gasteiger partial charge in [-0.1, -0.05) is 83.9 Å². The van der Waals surface area contributed by atoms with E-state index in [1.165, 1.54) is 6.07 Å². The van der Waals surface area contributed by atoms with Gasteiger partial charge in [-0.2, -0.15) is 10.5 Å². The number of hydrogen-bond acceptors (Lipinski definition) is 4. The number of nitrogens with one attached hydrogen (secondary N) is 2. The highest BCUT2D eigenvalue weighted by molar-refractivity contribution is 6.53. The van der Waals surface area contributed by atoms with Crippen molar-refractivity contribution in [2.45, 2.75) is 0 Å². The minimum absolute atomic E-state index is 0.154. The van der Waals surface area contributed by atoms with Gasteiger partial charge in [-0.05, 0) is 29.3 Å². The maximum absolute atomic E-state index is 11.8. The molecule has 0 aliphatic carbocycles. The van der Waals surface area contributed by atoms with Crippen molar-refractivity contribution in [1.82, 2.24) is 0 Å². The molecule has 0 heterocycles. The van der Waals surface area contributed by atoms with Crippen LogP contribution in [-0.4, -0.2) is 10.4 Å². The van der Waals surface area contributed by atoms with Gasteiger partial charge in [0.15, 0.2) is 11.4 Å². The van der Waals surface area contributed by atoms with Crippen LogP contribution in [0.4, 0.5) is 11.4 Å². The van der Waals surface area contributed by atoms with Crippen LogP contribution in [0, 0.1) is 10.4 Å². The van der Waals surface area contributed by atoms with E-state index in [0.29, 0.717) is 0 Å². The van der Waals surface area contributed by atoms with E-state index >= 15 is 0 Å². The molecule has 0 fully saturated rings. The minimum atomic E-state index is -1.29. The van der Waals surface area contributed by atoms with Gasteiger partial charge in [-0.25, -0.2) is 10.4 Å². The molecule has 0 aliphatic rings. The summed E-state index contributed by atoms with van der Waals surface area (Å²) < 4.78 is 0. The zero-order valence-electron chi connectivity index (χ0n) is 15.5. The lowest BCUT2D eigenvalue weighted by molar-refractivity contribution is -0.996. The van der Waals surface area contributed by atoms with Crippen molar-refractivity contribution >= 4 is 56.8 Å². The van der Waals surface area contributed by atoms with Crippen molar-refractivity contribution in [3.63, 3.8) is 0 Å². The first kappa shape index (κ1) is 22.2. The average Bonchev–Trinajstić information content (AvgIpc) is 2.74. The highest BCUT2D eigenvalue weighted by Gasteiger charge is 2.22. The SMILES string of the molecule is [O-][NH+](O)c1cc([NH+]([O-])O)c(C(Cl)=Cc2ccccc2)cc1C(Cl)=Cc1ccccc1. The van der Waals surface area contributed by atoms with Gasteiger partial charge in [0, 0.05) is 0 Å². The van der Waals surface area contributed by atoms with Crippen LogP contribution in [0.25, 0.3) is 22.2 Å². The lowest BCUT2D eigenvalue weighted by atomic mass is 10.0. The maximum Gasteiger partial charge on any atom is 0.178 e. The second-order valence-corrected chi connectivity index (χ2v) is 7.17. The van der Waals surface area contributed by atoms with Gasteiger partial charge in [0.05, 0.1) is 27.3 Å². The first-order valence-corrected chi connectivity index (χ1v) is 9.62. The van der Waals surface area contributed by atoms with Crippen molar-refractivity contribution in [2.24, 2.45) is 0 Å². The zero-order chi connectivity index (χ0) is 21.7. The molecule has 3 aromatic rings. The van der Waals surface area contributed by atoms with Gasteiger partial charge in [-0.3, -0.25) is 0 Å². The Morgan fingerprint density at radius 1 is 0.667 bits per heavy atom. The first-order chi connectivity index (χ1) is 14.4. The van der Waals surface area contributed by atoms with Gasteiger partial charge in [0.2, 0.25) is 0 Å². The molecule has 3 aromatic carbocycles. The summed E-state index contributed by atoms with van der Waals surface area (Å²) in [7, 11) is 0. The molecule has 0 amide bonds. The van der Waals surface area contributed by atoms with E-state index in [-0.39, 0.29) is 32.6 Å². The smallest absolute Gasteiger partial charge is 0.178 e. The fraction of sp³-hybridized carbons (Fsp3) is 0. The molecule has 8 heteroatoms. The largest absolute Gasteiger partial charge is 0.595 e. The Balaban J connectivity index is 2.18. The molecule has 0 saturated heterocycles. The van der Waals surface area contributed by atoms with Crippen molar-refractivity contribution in [3.8, 4) is 0 Å². The van der Waals surface area contributed by atoms with Gasteiger partial charge in [0.1, 0.15) is 0 Å². The summed E-state index contributed by atoms with van der Waals surface area (Å²) >= 11 is 12.9. The summed E-state index contributed by atoms with van der Waals surface area (Å²) in [6.07, 6.45) is 3.23. The lowest BCUT2D eigenvalue weighted by Gasteiger charge is -2.21. The van der Waals surface area contributed by atoms with Crippen molar-refractivity contribution in [1.29, 1.82) is 0 Å². The van der Waals surface area contributed by atoms with Gasteiger partial charge in [-0.15, -0.1) is 0 Å². The quantitative estimate of drug-likeness (QED) is 0.341. The average molecular weight is 445 g/mol. The van der Waals surface area contributed by atoms with Gasteiger partial charge in [0.25, 0.3) is 0 Å². The second kappa shape index (κ2) is 9.99. The van der Waals surface area contributed by atoms with E-state index in [2.05, 4.69) is 0 Å². The number of hydrogen-bond donors (Lipinski definition) is 4. The third-order valence-corrected chi connectivity index (χ3v) is 4.94. The summed E-state index contributed by atoms with van der Waals surface area (Å²) in [5.41, 5.74) is 1.44. The fourth-order valence-corrected chi connectivity index (χ4v) is 3.46. The van der Waals surface area contributed by atoms with E-state index in [1.54, 1.807) is 12.2 Å². The topological polar surface area (TPSA) is 95.5 Å². The fourth-order valence-electron chi connectivity index (χ4n) is 2.90. The molecule has 0 bridgehead atoms. The van der Waals surface area contributed by atoms with Gasteiger partial charge < -0.3 is 10.4 Å². The molecule has 30 heavy (non-hydrogen) atoms. The van der Waals surface area contributed by atoms with Crippen LogP contribution in [0.5, 0.6) is 0 Å². The van der Waals surface area contributed by atoms with Crippen LogP contribution in [-0.2, 0) is 0 Å². The summed E-state index contributed by atoms with van der Waals surface area (Å²) in [4.78, 5) is 0. The predicted molar refractivity (Wildman–Crippen MR) is 118 cm³/mol. The number of quaternary nitrogens is 2. The number of halogens is 2. The highest BCUT2D eigenvalue weighted by Crippen LogP contribution is 2.35. The molecule has 0 spiro atoms. The predicted octanol–water partition coefficient (Wildman–Crippen LogP) is 3.97. The standard InChI is InChI=1S/C22H18Cl2N2O4/c23-19(11-15-7-3-1-4-8-15)17-13-18(20(24)12-16-9-5-2-6-10-16)22(26(29)30)14-21(17)25(27)28/h1-14,25-27,29H. The summed E-state index contributed by atoms with van der Waals surface area (Å²) in [5.74, 6) is 0. The molecule has 3 rings (SSSR count). The highest BCUT2D eigenvalue weighted by atomic mass is 35.5. The maximum atomic E-state index is 11.8. The normalized spacial score (nSPS) is 14.5. The Hall–Kier alpha value is -2.52. The van der Waals surface area contributed by atoms with E-state index in [1.807, 2.05) is 60.7 Å². The summed E-state index contributed by atoms with van der Waals surface area (Å²) in [6.45, 7) is 0. The molecule has 4 N–H and O–H groups in total. The van der Waals surface area contributed by atoms with Crippen LogP contribution in [0.1, 0.15) is 22.3 Å². The van der Waals surface area contributed by atoms with Crippen LogP contribution >= 0.6 is 23.2 Å². The molecular formula is C22H18Cl2N2O4. The van der Waals surface area contributed by atoms with Crippen molar-refractivity contribution in [3.05, 3.63) is 105 Å². The van der Waals surface area contributed by atoms with E-state index in [9.17, 15) is 20.8 Å². The third kappa shape index (κ3) is 5.34. The molecule has 6 nitrogen and oxygen atoms in total. The Morgan fingerprint density at radius 2 is 1.03 bits per heavy atom. The molecule has 0 aliphatic heterocycles. The molecular weight excluding hydrogens is 427 g/mol. The number of benzene rings is 3. The summed E-state index contributed by atoms with van der Waals surface area (Å²) in [5, 5.41) is 40.6. The lowest BCUT2D eigenvalue weighted by Crippen LogP contribution is -3.01. The van der Waals surface area contributed by atoms with E-state index < -0.39 is 10.5 Å². The summed E-state index contributed by atoms with van der Waals surface area (Å²) in [6, 6.07) is 20.8. The van der Waals surface area contributed by atoms with Crippen LogP contribution in [0.2, 0.25) is 0 Å². The molecule has 0 aromatic heterocycles. The Morgan fingerprint density at radius 3 is 1.37 bits per heavy atom. The van der Waals surface area contributed by atoms with Gasteiger partial charge >= 0.3 is 0 Å². The third-order valence-electron chi connectivity index (χ3n) is 4.32. The minimum Gasteiger partial charge on any atom is -0.595 e. The monoisotopic (exact) mass is 444 g/mol. The van der Waals surface area contributed by atoms with Crippen LogP contribution in [0.3, 0.4) is 0 Å². The zero-order valence-corrected chi connectivity index (χ0v) is 17.1.